The van der Waals surface area contributed by atoms with Crippen LogP contribution in [-0.4, -0.2) is 37.1 Å². The molecule has 0 aliphatic heterocycles. The normalized spacial score (nSPS) is 18.5. The monoisotopic (exact) mass is 461 g/mol. The average molecular weight is 462 g/mol. The van der Waals surface area contributed by atoms with E-state index in [0.29, 0.717) is 16.5 Å². The van der Waals surface area contributed by atoms with E-state index >= 15 is 0 Å². The largest absolute Gasteiger partial charge is 0.465 e. The lowest BCUT2D eigenvalue weighted by molar-refractivity contribution is -0.153. The molecule has 0 aromatic carbocycles. The summed E-state index contributed by atoms with van der Waals surface area (Å²) in [7, 11) is 1.30. The van der Waals surface area contributed by atoms with Crippen LogP contribution in [0.25, 0.3) is 0 Å². The molecule has 0 N–H and O–H groups in total. The van der Waals surface area contributed by atoms with Crippen molar-refractivity contribution >= 4 is 34.9 Å². The molecule has 1 heterocycles. The molecule has 7 heteroatoms. The van der Waals surface area contributed by atoms with Gasteiger partial charge in [0.2, 0.25) is 5.91 Å². The summed E-state index contributed by atoms with van der Waals surface area (Å²) in [6, 6.07) is 1.71. The molecule has 1 aliphatic rings. The van der Waals surface area contributed by atoms with Gasteiger partial charge in [-0.05, 0) is 58.4 Å². The maximum atomic E-state index is 13.6. The number of amides is 1. The Balaban J connectivity index is 2.47. The number of thiophene rings is 1. The second-order valence-electron chi connectivity index (χ2n) is 9.71. The van der Waals surface area contributed by atoms with Gasteiger partial charge in [-0.3, -0.25) is 14.5 Å². The van der Waals surface area contributed by atoms with Gasteiger partial charge in [0.1, 0.15) is 17.0 Å². The number of esters is 2. The molecular weight excluding hydrogens is 426 g/mol. The fourth-order valence-electron chi connectivity index (χ4n) is 3.61. The first-order chi connectivity index (χ1) is 14.9. The molecule has 0 spiro atoms. The molecule has 32 heavy (non-hydrogen) atoms. The maximum absolute atomic E-state index is 13.6. The van der Waals surface area contributed by atoms with Crippen molar-refractivity contribution in [3.05, 3.63) is 15.8 Å². The van der Waals surface area contributed by atoms with Crippen molar-refractivity contribution < 1.29 is 23.9 Å². The van der Waals surface area contributed by atoms with Crippen molar-refractivity contribution in [2.75, 3.05) is 18.6 Å². The predicted octanol–water partition coefficient (Wildman–Crippen LogP) is 5.04. The Hall–Kier alpha value is -2.33. The average Bonchev–Trinajstić information content (AvgIpc) is 3.12. The first kappa shape index (κ1) is 25.9. The molecule has 0 atom stereocenters. The molecule has 1 aliphatic carbocycles. The zero-order valence-electron chi connectivity index (χ0n) is 20.2. The van der Waals surface area contributed by atoms with Crippen LogP contribution in [0.15, 0.2) is 6.07 Å². The highest BCUT2D eigenvalue weighted by molar-refractivity contribution is 7.15. The van der Waals surface area contributed by atoms with Crippen LogP contribution in [0.5, 0.6) is 0 Å². The Morgan fingerprint density at radius 2 is 1.81 bits per heavy atom. The summed E-state index contributed by atoms with van der Waals surface area (Å²) in [5.74, 6) is 5.46. The molecule has 6 nitrogen and oxygen atoms in total. The standard InChI is InChI=1S/C25H35NO5S/c1-16(2)8-13-19-14-20(22(32-19)24(29)30-7)26(15-21(27)31-25(4,5)6)23(28)18-11-9-17(3)10-12-18/h14,16-18H,9-12,15H2,1-7H3. The Bertz CT molecular complexity index is 892. The predicted molar refractivity (Wildman–Crippen MR) is 127 cm³/mol. The Morgan fingerprint density at radius 1 is 1.19 bits per heavy atom. The molecule has 2 rings (SSSR count). The molecule has 0 radical (unpaired) electrons. The number of methoxy groups -OCH3 is 1. The third-order valence-corrected chi connectivity index (χ3v) is 6.22. The van der Waals surface area contributed by atoms with Gasteiger partial charge in [0.15, 0.2) is 0 Å². The van der Waals surface area contributed by atoms with E-state index in [2.05, 4.69) is 18.8 Å². The Labute approximate surface area is 195 Å². The Kier molecular flexibility index (Phi) is 8.91. The second kappa shape index (κ2) is 11.0. The number of nitrogens with zero attached hydrogens (tertiary/aromatic N) is 1. The number of carbonyl (C=O) groups excluding carboxylic acids is 3. The quantitative estimate of drug-likeness (QED) is 0.454. The van der Waals surface area contributed by atoms with Gasteiger partial charge in [-0.1, -0.05) is 32.6 Å². The zero-order chi connectivity index (χ0) is 24.1. The van der Waals surface area contributed by atoms with Crippen LogP contribution >= 0.6 is 11.3 Å². The van der Waals surface area contributed by atoms with Crippen LogP contribution in [0.4, 0.5) is 5.69 Å². The number of hydrogen-bond donors (Lipinski definition) is 0. The van der Waals surface area contributed by atoms with E-state index in [1.807, 2.05) is 13.8 Å². The third-order valence-electron chi connectivity index (χ3n) is 5.20. The molecular formula is C25H35NO5S. The van der Waals surface area contributed by atoms with Crippen molar-refractivity contribution in [2.24, 2.45) is 17.8 Å². The van der Waals surface area contributed by atoms with E-state index in [1.165, 1.54) is 23.3 Å². The van der Waals surface area contributed by atoms with Gasteiger partial charge in [0.25, 0.3) is 0 Å². The van der Waals surface area contributed by atoms with Gasteiger partial charge in [-0.15, -0.1) is 11.3 Å². The summed E-state index contributed by atoms with van der Waals surface area (Å²) in [5.41, 5.74) is -0.316. The first-order valence-corrected chi connectivity index (χ1v) is 12.0. The molecule has 1 saturated carbocycles. The fraction of sp³-hybridized carbons (Fsp3) is 0.640. The van der Waals surface area contributed by atoms with Crippen molar-refractivity contribution in [3.8, 4) is 11.8 Å². The topological polar surface area (TPSA) is 72.9 Å². The van der Waals surface area contributed by atoms with E-state index in [0.717, 1.165) is 25.7 Å². The number of rotatable bonds is 5. The summed E-state index contributed by atoms with van der Waals surface area (Å²) >= 11 is 1.17. The molecule has 0 saturated heterocycles. The minimum absolute atomic E-state index is 0.158. The number of carbonyl (C=O) groups is 3. The molecule has 0 unspecified atom stereocenters. The molecule has 176 valence electrons. The van der Waals surface area contributed by atoms with Crippen molar-refractivity contribution in [3.63, 3.8) is 0 Å². The SMILES string of the molecule is COC(=O)c1sc(C#CC(C)C)cc1N(CC(=O)OC(C)(C)C)C(=O)C1CCC(C)CC1. The van der Waals surface area contributed by atoms with Gasteiger partial charge in [-0.2, -0.15) is 0 Å². The van der Waals surface area contributed by atoms with E-state index in [4.69, 9.17) is 9.47 Å². The van der Waals surface area contributed by atoms with Crippen LogP contribution in [0.2, 0.25) is 0 Å². The highest BCUT2D eigenvalue weighted by atomic mass is 32.1. The first-order valence-electron chi connectivity index (χ1n) is 11.2. The zero-order valence-corrected chi connectivity index (χ0v) is 21.1. The van der Waals surface area contributed by atoms with E-state index in [9.17, 15) is 14.4 Å². The molecule has 1 fully saturated rings. The third kappa shape index (κ3) is 7.37. The van der Waals surface area contributed by atoms with Crippen LogP contribution in [0, 0.1) is 29.6 Å². The molecule has 1 amide bonds. The summed E-state index contributed by atoms with van der Waals surface area (Å²) < 4.78 is 10.4. The number of hydrogen-bond acceptors (Lipinski definition) is 6. The van der Waals surface area contributed by atoms with Crippen LogP contribution < -0.4 is 4.90 Å². The van der Waals surface area contributed by atoms with Gasteiger partial charge in [-0.25, -0.2) is 4.79 Å². The van der Waals surface area contributed by atoms with Crippen molar-refractivity contribution in [1.29, 1.82) is 0 Å². The second-order valence-corrected chi connectivity index (χ2v) is 10.8. The summed E-state index contributed by atoms with van der Waals surface area (Å²) in [6.45, 7) is 11.2. The highest BCUT2D eigenvalue weighted by Gasteiger charge is 2.34. The van der Waals surface area contributed by atoms with Crippen molar-refractivity contribution in [1.82, 2.24) is 0 Å². The molecule has 1 aromatic rings. The van der Waals surface area contributed by atoms with E-state index in [1.54, 1.807) is 26.8 Å². The van der Waals surface area contributed by atoms with Crippen molar-refractivity contribution in [2.45, 2.75) is 72.8 Å². The molecule has 0 bridgehead atoms. The van der Waals surface area contributed by atoms with Gasteiger partial charge < -0.3 is 9.47 Å². The van der Waals surface area contributed by atoms with Crippen LogP contribution in [0.1, 0.15) is 81.8 Å². The maximum Gasteiger partial charge on any atom is 0.350 e. The number of anilines is 1. The molecule has 1 aromatic heterocycles. The van der Waals surface area contributed by atoms with Gasteiger partial charge in [0, 0.05) is 11.8 Å². The highest BCUT2D eigenvalue weighted by Crippen LogP contribution is 2.35. The van der Waals surface area contributed by atoms with Gasteiger partial charge in [0.05, 0.1) is 17.7 Å². The summed E-state index contributed by atoms with van der Waals surface area (Å²) in [6.07, 6.45) is 3.47. The van der Waals surface area contributed by atoms with Crippen LogP contribution in [0.3, 0.4) is 0 Å². The lowest BCUT2D eigenvalue weighted by atomic mass is 9.82. The summed E-state index contributed by atoms with van der Waals surface area (Å²) in [4.78, 5) is 41.1. The Morgan fingerprint density at radius 3 is 2.34 bits per heavy atom. The van der Waals surface area contributed by atoms with Crippen LogP contribution in [-0.2, 0) is 19.1 Å². The fourth-order valence-corrected chi connectivity index (χ4v) is 4.55. The minimum atomic E-state index is -0.681. The minimum Gasteiger partial charge on any atom is -0.465 e. The smallest absolute Gasteiger partial charge is 0.350 e. The lowest BCUT2D eigenvalue weighted by Crippen LogP contribution is -2.43. The summed E-state index contributed by atoms with van der Waals surface area (Å²) in [5, 5.41) is 0. The van der Waals surface area contributed by atoms with E-state index < -0.39 is 17.5 Å². The van der Waals surface area contributed by atoms with E-state index in [-0.39, 0.29) is 29.2 Å². The number of ether oxygens (including phenoxy) is 2. The lowest BCUT2D eigenvalue weighted by Gasteiger charge is -2.31. The van der Waals surface area contributed by atoms with Gasteiger partial charge >= 0.3 is 11.9 Å².